The number of amides is 1. The molecular formula is C48H95NO4. The molecule has 0 rings (SSSR count). The maximum atomic E-state index is 12.5. The summed E-state index contributed by atoms with van der Waals surface area (Å²) in [6.07, 6.45) is 51.9. The summed E-state index contributed by atoms with van der Waals surface area (Å²) in [6.45, 7) is 4.20. The third kappa shape index (κ3) is 39.1. The minimum Gasteiger partial charge on any atom is -0.394 e. The van der Waals surface area contributed by atoms with Crippen molar-refractivity contribution in [3.63, 3.8) is 0 Å². The Balaban J connectivity index is 3.57. The molecule has 0 saturated carbocycles. The van der Waals surface area contributed by atoms with Gasteiger partial charge in [-0.25, -0.2) is 0 Å². The normalized spacial score (nSPS) is 13.5. The highest BCUT2D eigenvalue weighted by atomic mass is 16.3. The molecule has 5 heteroatoms. The molecule has 4 N–H and O–H groups in total. The summed E-state index contributed by atoms with van der Waals surface area (Å²) >= 11 is 0. The fourth-order valence-electron chi connectivity index (χ4n) is 7.63. The molecule has 1 amide bonds. The van der Waals surface area contributed by atoms with E-state index in [1.54, 1.807) is 0 Å². The number of aliphatic hydroxyl groups is 3. The predicted molar refractivity (Wildman–Crippen MR) is 232 cm³/mol. The lowest BCUT2D eigenvalue weighted by Crippen LogP contribution is -2.50. The summed E-state index contributed by atoms with van der Waals surface area (Å²) in [5.41, 5.74) is 0. The smallest absolute Gasteiger partial charge is 0.220 e. The Kier molecular flexibility index (Phi) is 43.1. The van der Waals surface area contributed by atoms with E-state index < -0.39 is 18.2 Å². The van der Waals surface area contributed by atoms with Crippen molar-refractivity contribution < 1.29 is 20.1 Å². The quantitative estimate of drug-likeness (QED) is 0.0369. The number of carbonyl (C=O) groups is 1. The second kappa shape index (κ2) is 43.8. The lowest BCUT2D eigenvalue weighted by molar-refractivity contribution is -0.124. The van der Waals surface area contributed by atoms with Crippen LogP contribution in [0.3, 0.4) is 0 Å². The van der Waals surface area contributed by atoms with E-state index in [4.69, 9.17) is 0 Å². The van der Waals surface area contributed by atoms with Gasteiger partial charge in [0.2, 0.25) is 5.91 Å². The standard InChI is InChI=1S/C48H95NO4/c1-3-5-7-9-11-13-15-17-19-20-21-22-23-24-25-26-27-29-31-33-35-37-39-41-43-47(52)49-45(44-50)48(53)46(51)42-40-38-36-34-32-30-28-18-16-14-12-10-8-6-4-2/h24-25,45-46,48,50-51,53H,3-23,26-44H2,1-2H3,(H,49,52)/b25-24-. The molecule has 0 aromatic carbocycles. The van der Waals surface area contributed by atoms with Crippen molar-refractivity contribution in [2.75, 3.05) is 6.61 Å². The van der Waals surface area contributed by atoms with Gasteiger partial charge in [-0.05, 0) is 38.5 Å². The molecule has 0 aliphatic carbocycles. The zero-order chi connectivity index (χ0) is 38.7. The SMILES string of the molecule is CCCCCCCCCCCCCC/C=C\CCCCCCCCCCC(=O)NC(CO)C(O)C(O)CCCCCCCCCCCCCCCCC. The first-order chi connectivity index (χ1) is 26.1. The highest BCUT2D eigenvalue weighted by molar-refractivity contribution is 5.76. The molecule has 0 fully saturated rings. The second-order valence-corrected chi connectivity index (χ2v) is 16.7. The van der Waals surface area contributed by atoms with Crippen LogP contribution in [-0.2, 0) is 4.79 Å². The zero-order valence-electron chi connectivity index (χ0n) is 35.9. The largest absolute Gasteiger partial charge is 0.394 e. The molecule has 0 saturated heterocycles. The molecular weight excluding hydrogens is 655 g/mol. The molecule has 0 spiro atoms. The van der Waals surface area contributed by atoms with Gasteiger partial charge in [-0.15, -0.1) is 0 Å². The third-order valence-corrected chi connectivity index (χ3v) is 11.4. The van der Waals surface area contributed by atoms with E-state index in [0.717, 1.165) is 38.5 Å². The Morgan fingerprint density at radius 3 is 1.09 bits per heavy atom. The molecule has 0 aliphatic heterocycles. The van der Waals surface area contributed by atoms with Crippen LogP contribution in [0.5, 0.6) is 0 Å². The van der Waals surface area contributed by atoms with E-state index in [9.17, 15) is 20.1 Å². The molecule has 0 aromatic rings. The van der Waals surface area contributed by atoms with E-state index in [0.29, 0.717) is 12.8 Å². The number of nitrogens with one attached hydrogen (secondary N) is 1. The number of allylic oxidation sites excluding steroid dienone is 2. The van der Waals surface area contributed by atoms with Crippen molar-refractivity contribution >= 4 is 5.91 Å². The number of hydrogen-bond acceptors (Lipinski definition) is 4. The van der Waals surface area contributed by atoms with Gasteiger partial charge in [-0.2, -0.15) is 0 Å². The van der Waals surface area contributed by atoms with Crippen molar-refractivity contribution in [2.24, 2.45) is 0 Å². The molecule has 316 valence electrons. The van der Waals surface area contributed by atoms with Gasteiger partial charge in [0.05, 0.1) is 18.8 Å². The number of carbonyl (C=O) groups excluding carboxylic acids is 1. The summed E-state index contributed by atoms with van der Waals surface area (Å²) in [6, 6.07) is -0.807. The van der Waals surface area contributed by atoms with Crippen LogP contribution >= 0.6 is 0 Å². The number of unbranched alkanes of at least 4 members (excludes halogenated alkanes) is 34. The summed E-state index contributed by atoms with van der Waals surface area (Å²) in [7, 11) is 0. The molecule has 0 heterocycles. The molecule has 0 aromatic heterocycles. The Morgan fingerprint density at radius 2 is 0.755 bits per heavy atom. The van der Waals surface area contributed by atoms with Crippen molar-refractivity contribution in [2.45, 2.75) is 283 Å². The fraction of sp³-hybridized carbons (Fsp3) is 0.938. The lowest BCUT2D eigenvalue weighted by Gasteiger charge is -2.26. The minimum atomic E-state index is -1.13. The molecule has 0 radical (unpaired) electrons. The number of aliphatic hydroxyl groups excluding tert-OH is 3. The van der Waals surface area contributed by atoms with Gasteiger partial charge in [0, 0.05) is 6.42 Å². The van der Waals surface area contributed by atoms with E-state index in [-0.39, 0.29) is 12.5 Å². The minimum absolute atomic E-state index is 0.144. The third-order valence-electron chi connectivity index (χ3n) is 11.4. The van der Waals surface area contributed by atoms with Crippen LogP contribution in [0.2, 0.25) is 0 Å². The molecule has 3 unspecified atom stereocenters. The number of hydrogen-bond donors (Lipinski definition) is 4. The van der Waals surface area contributed by atoms with Gasteiger partial charge in [0.15, 0.2) is 0 Å². The van der Waals surface area contributed by atoms with E-state index in [2.05, 4.69) is 31.3 Å². The first-order valence-corrected chi connectivity index (χ1v) is 24.0. The van der Waals surface area contributed by atoms with Gasteiger partial charge in [-0.3, -0.25) is 4.79 Å². The van der Waals surface area contributed by atoms with E-state index in [1.165, 1.54) is 199 Å². The van der Waals surface area contributed by atoms with E-state index >= 15 is 0 Å². The zero-order valence-corrected chi connectivity index (χ0v) is 35.9. The van der Waals surface area contributed by atoms with Gasteiger partial charge in [0.25, 0.3) is 0 Å². The molecule has 53 heavy (non-hydrogen) atoms. The van der Waals surface area contributed by atoms with Gasteiger partial charge < -0.3 is 20.6 Å². The topological polar surface area (TPSA) is 89.8 Å². The summed E-state index contributed by atoms with van der Waals surface area (Å²) < 4.78 is 0. The Labute approximate surface area is 331 Å². The average molecular weight is 750 g/mol. The van der Waals surface area contributed by atoms with Crippen LogP contribution in [0, 0.1) is 0 Å². The maximum Gasteiger partial charge on any atom is 0.220 e. The van der Waals surface area contributed by atoms with Gasteiger partial charge in [-0.1, -0.05) is 231 Å². The first kappa shape index (κ1) is 52.1. The van der Waals surface area contributed by atoms with Crippen LogP contribution in [0.25, 0.3) is 0 Å². The average Bonchev–Trinajstić information content (AvgIpc) is 3.16. The van der Waals surface area contributed by atoms with Crippen LogP contribution in [-0.4, -0.2) is 46.1 Å². The summed E-state index contributed by atoms with van der Waals surface area (Å²) in [5, 5.41) is 33.6. The van der Waals surface area contributed by atoms with Crippen LogP contribution < -0.4 is 5.32 Å². The van der Waals surface area contributed by atoms with Crippen molar-refractivity contribution in [3.8, 4) is 0 Å². The Morgan fingerprint density at radius 1 is 0.453 bits per heavy atom. The first-order valence-electron chi connectivity index (χ1n) is 24.0. The predicted octanol–water partition coefficient (Wildman–Crippen LogP) is 14.0. The maximum absolute atomic E-state index is 12.5. The highest BCUT2D eigenvalue weighted by Gasteiger charge is 2.26. The fourth-order valence-corrected chi connectivity index (χ4v) is 7.63. The number of rotatable bonds is 44. The summed E-state index contributed by atoms with van der Waals surface area (Å²) in [4.78, 5) is 12.5. The van der Waals surface area contributed by atoms with Crippen molar-refractivity contribution in [1.82, 2.24) is 5.32 Å². The van der Waals surface area contributed by atoms with E-state index in [1.807, 2.05) is 0 Å². The molecule has 3 atom stereocenters. The Bertz CT molecular complexity index is 743. The Hall–Kier alpha value is -0.910. The van der Waals surface area contributed by atoms with Crippen molar-refractivity contribution in [1.29, 1.82) is 0 Å². The van der Waals surface area contributed by atoms with Gasteiger partial charge >= 0.3 is 0 Å². The van der Waals surface area contributed by atoms with Crippen LogP contribution in [0.15, 0.2) is 12.2 Å². The molecule has 5 nitrogen and oxygen atoms in total. The van der Waals surface area contributed by atoms with Gasteiger partial charge in [0.1, 0.15) is 6.10 Å². The van der Waals surface area contributed by atoms with Crippen LogP contribution in [0.1, 0.15) is 264 Å². The monoisotopic (exact) mass is 750 g/mol. The van der Waals surface area contributed by atoms with Crippen LogP contribution in [0.4, 0.5) is 0 Å². The molecule has 0 bridgehead atoms. The highest BCUT2D eigenvalue weighted by Crippen LogP contribution is 2.17. The second-order valence-electron chi connectivity index (χ2n) is 16.7. The molecule has 0 aliphatic rings. The van der Waals surface area contributed by atoms with Crippen molar-refractivity contribution in [3.05, 3.63) is 12.2 Å². The lowest BCUT2D eigenvalue weighted by atomic mass is 9.99. The summed E-state index contributed by atoms with van der Waals surface area (Å²) in [5.74, 6) is -0.144.